The standard InChI is InChI=1S/C17H18N4O2S/c1-13(15-8-4-3-5-9-15)20-24(22,23)16-12-19-21(14(16)2)17-10-6-7-11-18-17/h3-13,20H,1-2H3/t13-/m1/s1. The molecule has 1 atom stereocenters. The van der Waals surface area contributed by atoms with E-state index in [0.29, 0.717) is 11.5 Å². The van der Waals surface area contributed by atoms with E-state index in [9.17, 15) is 8.42 Å². The molecule has 0 aliphatic rings. The van der Waals surface area contributed by atoms with Gasteiger partial charge in [-0.15, -0.1) is 0 Å². The fourth-order valence-electron chi connectivity index (χ4n) is 2.47. The van der Waals surface area contributed by atoms with E-state index in [1.54, 1.807) is 25.3 Å². The van der Waals surface area contributed by atoms with E-state index >= 15 is 0 Å². The van der Waals surface area contributed by atoms with E-state index in [2.05, 4.69) is 14.8 Å². The molecule has 2 aromatic heterocycles. The largest absolute Gasteiger partial charge is 0.244 e. The summed E-state index contributed by atoms with van der Waals surface area (Å²) in [5.41, 5.74) is 1.41. The lowest BCUT2D eigenvalue weighted by atomic mass is 10.1. The van der Waals surface area contributed by atoms with Crippen LogP contribution in [0.5, 0.6) is 0 Å². The number of hydrogen-bond acceptors (Lipinski definition) is 4. The molecule has 2 heterocycles. The van der Waals surface area contributed by atoms with Crippen molar-refractivity contribution in [2.75, 3.05) is 0 Å². The molecule has 0 radical (unpaired) electrons. The molecule has 3 aromatic rings. The molecule has 1 N–H and O–H groups in total. The second-order valence-corrected chi connectivity index (χ2v) is 7.13. The summed E-state index contributed by atoms with van der Waals surface area (Å²) in [7, 11) is -3.69. The van der Waals surface area contributed by atoms with Crippen LogP contribution < -0.4 is 4.72 Å². The average Bonchev–Trinajstić information content (AvgIpc) is 2.98. The highest BCUT2D eigenvalue weighted by molar-refractivity contribution is 7.89. The quantitative estimate of drug-likeness (QED) is 0.773. The minimum absolute atomic E-state index is 0.149. The van der Waals surface area contributed by atoms with Crippen molar-refractivity contribution in [1.29, 1.82) is 0 Å². The van der Waals surface area contributed by atoms with Gasteiger partial charge in [-0.3, -0.25) is 0 Å². The SMILES string of the molecule is Cc1c(S(=O)(=O)N[C@H](C)c2ccccc2)cnn1-c1ccccn1. The van der Waals surface area contributed by atoms with Crippen LogP contribution >= 0.6 is 0 Å². The maximum Gasteiger partial charge on any atom is 0.244 e. The number of benzene rings is 1. The molecule has 0 aliphatic heterocycles. The maximum absolute atomic E-state index is 12.7. The van der Waals surface area contributed by atoms with Crippen molar-refractivity contribution in [2.45, 2.75) is 24.8 Å². The summed E-state index contributed by atoms with van der Waals surface area (Å²) >= 11 is 0. The molecule has 0 bridgehead atoms. The van der Waals surface area contributed by atoms with Crippen LogP contribution in [0.2, 0.25) is 0 Å². The second-order valence-electron chi connectivity index (χ2n) is 5.45. The van der Waals surface area contributed by atoms with Gasteiger partial charge >= 0.3 is 0 Å². The molecule has 0 aliphatic carbocycles. The predicted octanol–water partition coefficient (Wildman–Crippen LogP) is 2.62. The summed E-state index contributed by atoms with van der Waals surface area (Å²) in [6.45, 7) is 3.52. The summed E-state index contributed by atoms with van der Waals surface area (Å²) < 4.78 is 29.6. The van der Waals surface area contributed by atoms with Crippen molar-refractivity contribution in [3.05, 3.63) is 72.2 Å². The van der Waals surface area contributed by atoms with Gasteiger partial charge in [0, 0.05) is 12.2 Å². The van der Waals surface area contributed by atoms with Crippen LogP contribution in [0, 0.1) is 6.92 Å². The molecular weight excluding hydrogens is 324 g/mol. The van der Waals surface area contributed by atoms with Gasteiger partial charge < -0.3 is 0 Å². The van der Waals surface area contributed by atoms with Gasteiger partial charge in [0.2, 0.25) is 10.0 Å². The van der Waals surface area contributed by atoms with Gasteiger partial charge in [-0.05, 0) is 31.5 Å². The highest BCUT2D eigenvalue weighted by Crippen LogP contribution is 2.20. The Hall–Kier alpha value is -2.51. The number of aromatic nitrogens is 3. The average molecular weight is 342 g/mol. The first-order valence-corrected chi connectivity index (χ1v) is 9.00. The van der Waals surface area contributed by atoms with Crippen LogP contribution in [-0.4, -0.2) is 23.2 Å². The Morgan fingerprint density at radius 3 is 2.46 bits per heavy atom. The zero-order valence-electron chi connectivity index (χ0n) is 13.4. The number of rotatable bonds is 5. The Bertz CT molecular complexity index is 922. The Balaban J connectivity index is 1.90. The molecular formula is C17H18N4O2S. The van der Waals surface area contributed by atoms with Crippen LogP contribution in [0.3, 0.4) is 0 Å². The van der Waals surface area contributed by atoms with Gasteiger partial charge in [-0.2, -0.15) is 5.10 Å². The Morgan fingerprint density at radius 2 is 1.79 bits per heavy atom. The van der Waals surface area contributed by atoms with E-state index < -0.39 is 10.0 Å². The third-order valence-electron chi connectivity index (χ3n) is 3.75. The molecule has 0 amide bonds. The molecule has 0 saturated carbocycles. The molecule has 0 fully saturated rings. The first-order chi connectivity index (χ1) is 11.5. The molecule has 1 aromatic carbocycles. The summed E-state index contributed by atoms with van der Waals surface area (Å²) in [4.78, 5) is 4.35. The van der Waals surface area contributed by atoms with E-state index in [1.165, 1.54) is 10.9 Å². The molecule has 0 unspecified atom stereocenters. The Kier molecular flexibility index (Phi) is 4.46. The van der Waals surface area contributed by atoms with Gasteiger partial charge in [-0.1, -0.05) is 36.4 Å². The first kappa shape index (κ1) is 16.4. The van der Waals surface area contributed by atoms with E-state index in [4.69, 9.17) is 0 Å². The third-order valence-corrected chi connectivity index (χ3v) is 5.40. The van der Waals surface area contributed by atoms with Crippen LogP contribution in [0.25, 0.3) is 5.82 Å². The van der Waals surface area contributed by atoms with Gasteiger partial charge in [0.1, 0.15) is 4.90 Å². The van der Waals surface area contributed by atoms with Crippen LogP contribution in [-0.2, 0) is 10.0 Å². The van der Waals surface area contributed by atoms with E-state index in [0.717, 1.165) is 5.56 Å². The van der Waals surface area contributed by atoms with Crippen molar-refractivity contribution < 1.29 is 8.42 Å². The lowest BCUT2D eigenvalue weighted by Crippen LogP contribution is -2.27. The predicted molar refractivity (Wildman–Crippen MR) is 91.3 cm³/mol. The summed E-state index contributed by atoms with van der Waals surface area (Å²) in [6.07, 6.45) is 2.99. The zero-order valence-corrected chi connectivity index (χ0v) is 14.2. The first-order valence-electron chi connectivity index (χ1n) is 7.52. The monoisotopic (exact) mass is 342 g/mol. The molecule has 3 rings (SSSR count). The fraction of sp³-hybridized carbons (Fsp3) is 0.176. The van der Waals surface area contributed by atoms with Gasteiger partial charge in [0.25, 0.3) is 0 Å². The van der Waals surface area contributed by atoms with Crippen LogP contribution in [0.4, 0.5) is 0 Å². The number of sulfonamides is 1. The van der Waals surface area contributed by atoms with Crippen molar-refractivity contribution in [3.8, 4) is 5.82 Å². The van der Waals surface area contributed by atoms with Crippen LogP contribution in [0.1, 0.15) is 24.2 Å². The van der Waals surface area contributed by atoms with Gasteiger partial charge in [-0.25, -0.2) is 22.8 Å². The summed E-state index contributed by atoms with van der Waals surface area (Å²) in [6, 6.07) is 14.5. The fourth-order valence-corrected chi connectivity index (χ4v) is 3.86. The van der Waals surface area contributed by atoms with Crippen LogP contribution in [0.15, 0.2) is 65.8 Å². The topological polar surface area (TPSA) is 76.9 Å². The normalized spacial score (nSPS) is 12.9. The molecule has 24 heavy (non-hydrogen) atoms. The number of nitrogens with zero attached hydrogens (tertiary/aromatic N) is 3. The Labute approximate surface area is 141 Å². The maximum atomic E-state index is 12.7. The molecule has 7 heteroatoms. The lowest BCUT2D eigenvalue weighted by molar-refractivity contribution is 0.566. The van der Waals surface area contributed by atoms with Gasteiger partial charge in [0.15, 0.2) is 5.82 Å². The van der Waals surface area contributed by atoms with Crippen molar-refractivity contribution in [1.82, 2.24) is 19.5 Å². The number of nitrogens with one attached hydrogen (secondary N) is 1. The Morgan fingerprint density at radius 1 is 1.08 bits per heavy atom. The third kappa shape index (κ3) is 3.22. The van der Waals surface area contributed by atoms with Gasteiger partial charge in [0.05, 0.1) is 11.9 Å². The van der Waals surface area contributed by atoms with Crippen molar-refractivity contribution in [3.63, 3.8) is 0 Å². The molecule has 124 valence electrons. The lowest BCUT2D eigenvalue weighted by Gasteiger charge is -2.14. The van der Waals surface area contributed by atoms with E-state index in [1.807, 2.05) is 43.3 Å². The van der Waals surface area contributed by atoms with E-state index in [-0.39, 0.29) is 10.9 Å². The highest BCUT2D eigenvalue weighted by Gasteiger charge is 2.24. The number of hydrogen-bond donors (Lipinski definition) is 1. The molecule has 6 nitrogen and oxygen atoms in total. The smallest absolute Gasteiger partial charge is 0.237 e. The van der Waals surface area contributed by atoms with Crippen molar-refractivity contribution >= 4 is 10.0 Å². The molecule has 0 saturated heterocycles. The molecule has 0 spiro atoms. The van der Waals surface area contributed by atoms with Crippen molar-refractivity contribution in [2.24, 2.45) is 0 Å². The number of pyridine rings is 1. The summed E-state index contributed by atoms with van der Waals surface area (Å²) in [5, 5.41) is 4.17. The minimum atomic E-state index is -3.69. The summed E-state index contributed by atoms with van der Waals surface area (Å²) in [5.74, 6) is 0.576. The minimum Gasteiger partial charge on any atom is -0.237 e. The zero-order chi connectivity index (χ0) is 17.2. The highest BCUT2D eigenvalue weighted by atomic mass is 32.2. The second kappa shape index (κ2) is 6.54.